The molecule has 0 saturated carbocycles. The second-order valence-corrected chi connectivity index (χ2v) is 4.53. The highest BCUT2D eigenvalue weighted by Gasteiger charge is 2.09. The van der Waals surface area contributed by atoms with E-state index in [-0.39, 0.29) is 5.82 Å². The van der Waals surface area contributed by atoms with Gasteiger partial charge in [-0.05, 0) is 31.0 Å². The van der Waals surface area contributed by atoms with Crippen LogP contribution in [0.2, 0.25) is 0 Å². The largest absolute Gasteiger partial charge is 0.373 e. The van der Waals surface area contributed by atoms with Gasteiger partial charge in [0.2, 0.25) is 0 Å². The van der Waals surface area contributed by atoms with Gasteiger partial charge in [0.15, 0.2) is 5.82 Å². The van der Waals surface area contributed by atoms with Crippen molar-refractivity contribution in [2.24, 2.45) is 0 Å². The summed E-state index contributed by atoms with van der Waals surface area (Å²) in [7, 11) is 1.82. The van der Waals surface area contributed by atoms with Gasteiger partial charge in [-0.25, -0.2) is 14.4 Å². The molecule has 4 heteroatoms. The summed E-state index contributed by atoms with van der Waals surface area (Å²) in [4.78, 5) is 8.94. The minimum absolute atomic E-state index is 0.267. The summed E-state index contributed by atoms with van der Waals surface area (Å²) < 4.78 is 13.4. The molecule has 100 valence electrons. The highest BCUT2D eigenvalue weighted by Crippen LogP contribution is 2.23. The number of halogens is 1. The van der Waals surface area contributed by atoms with Crippen molar-refractivity contribution in [1.82, 2.24) is 9.97 Å². The van der Waals surface area contributed by atoms with Gasteiger partial charge in [-0.15, -0.1) is 0 Å². The van der Waals surface area contributed by atoms with E-state index in [1.807, 2.05) is 20.0 Å². The van der Waals surface area contributed by atoms with Gasteiger partial charge in [0.05, 0.1) is 0 Å². The maximum atomic E-state index is 13.4. The number of aromatic nitrogens is 2. The van der Waals surface area contributed by atoms with Crippen LogP contribution in [0.5, 0.6) is 0 Å². The number of nitrogens with zero attached hydrogens (tertiary/aromatic N) is 2. The molecule has 0 unspecified atom stereocenters. The molecule has 0 saturated heterocycles. The minimum Gasteiger partial charge on any atom is -0.373 e. The summed E-state index contributed by atoms with van der Waals surface area (Å²) in [5.41, 5.74) is 2.69. The third-order valence-electron chi connectivity index (χ3n) is 2.98. The highest BCUT2D eigenvalue weighted by atomic mass is 19.1. The maximum absolute atomic E-state index is 13.4. The quantitative estimate of drug-likeness (QED) is 0.911. The lowest BCUT2D eigenvalue weighted by atomic mass is 10.1. The standard InChI is InChI=1S/C15H18FN3/c1-4-5-12-9-14(17-3)19-15(18-12)13-8-11(16)7-6-10(13)2/h6-9H,4-5H2,1-3H3,(H,17,18,19). The Kier molecular flexibility index (Phi) is 4.10. The van der Waals surface area contributed by atoms with Gasteiger partial charge < -0.3 is 5.32 Å². The second kappa shape index (κ2) is 5.78. The molecule has 0 radical (unpaired) electrons. The zero-order chi connectivity index (χ0) is 13.8. The SMILES string of the molecule is CCCc1cc(NC)nc(-c2cc(F)ccc2C)n1. The highest BCUT2D eigenvalue weighted by molar-refractivity contribution is 5.61. The number of anilines is 1. The predicted octanol–water partition coefficient (Wildman–Crippen LogP) is 3.59. The Morgan fingerprint density at radius 1 is 1.21 bits per heavy atom. The van der Waals surface area contributed by atoms with Crippen LogP contribution in [0.1, 0.15) is 24.6 Å². The molecule has 0 atom stereocenters. The molecule has 1 heterocycles. The molecular weight excluding hydrogens is 241 g/mol. The first-order chi connectivity index (χ1) is 9.13. The van der Waals surface area contributed by atoms with E-state index in [0.717, 1.165) is 35.5 Å². The van der Waals surface area contributed by atoms with Crippen LogP contribution in [0.15, 0.2) is 24.3 Å². The average molecular weight is 259 g/mol. The van der Waals surface area contributed by atoms with Crippen LogP contribution >= 0.6 is 0 Å². The molecule has 0 aliphatic heterocycles. The summed E-state index contributed by atoms with van der Waals surface area (Å²) in [5, 5.41) is 3.03. The third kappa shape index (κ3) is 3.08. The number of aryl methyl sites for hydroxylation is 2. The minimum atomic E-state index is -0.267. The Morgan fingerprint density at radius 3 is 2.68 bits per heavy atom. The van der Waals surface area contributed by atoms with E-state index < -0.39 is 0 Å². The van der Waals surface area contributed by atoms with E-state index in [9.17, 15) is 4.39 Å². The molecule has 19 heavy (non-hydrogen) atoms. The van der Waals surface area contributed by atoms with Gasteiger partial charge in [0.25, 0.3) is 0 Å². The Morgan fingerprint density at radius 2 is 2.00 bits per heavy atom. The number of nitrogens with one attached hydrogen (secondary N) is 1. The fourth-order valence-corrected chi connectivity index (χ4v) is 1.97. The molecule has 2 rings (SSSR count). The van der Waals surface area contributed by atoms with Crippen molar-refractivity contribution in [3.8, 4) is 11.4 Å². The molecule has 1 aromatic carbocycles. The first-order valence-electron chi connectivity index (χ1n) is 6.46. The Bertz CT molecular complexity index is 582. The first-order valence-corrected chi connectivity index (χ1v) is 6.46. The summed E-state index contributed by atoms with van der Waals surface area (Å²) in [5.74, 6) is 1.07. The molecule has 0 aliphatic carbocycles. The Hall–Kier alpha value is -1.97. The molecule has 1 N–H and O–H groups in total. The third-order valence-corrected chi connectivity index (χ3v) is 2.98. The molecule has 3 nitrogen and oxygen atoms in total. The van der Waals surface area contributed by atoms with Gasteiger partial charge in [-0.1, -0.05) is 19.4 Å². The average Bonchev–Trinajstić information content (AvgIpc) is 2.41. The molecule has 0 amide bonds. The molecule has 1 aromatic heterocycles. The summed E-state index contributed by atoms with van der Waals surface area (Å²) in [6.45, 7) is 4.04. The van der Waals surface area contributed by atoms with Crippen molar-refractivity contribution in [3.05, 3.63) is 41.3 Å². The van der Waals surface area contributed by atoms with Gasteiger partial charge >= 0.3 is 0 Å². The van der Waals surface area contributed by atoms with Crippen molar-refractivity contribution in [2.45, 2.75) is 26.7 Å². The van der Waals surface area contributed by atoms with Gasteiger partial charge in [-0.3, -0.25) is 0 Å². The van der Waals surface area contributed by atoms with Crippen molar-refractivity contribution in [1.29, 1.82) is 0 Å². The first kappa shape index (κ1) is 13.5. The second-order valence-electron chi connectivity index (χ2n) is 4.53. The Labute approximate surface area is 112 Å². The molecule has 2 aromatic rings. The lowest BCUT2D eigenvalue weighted by Crippen LogP contribution is -2.02. The molecule has 0 aliphatic rings. The van der Waals surface area contributed by atoms with E-state index in [2.05, 4.69) is 22.2 Å². The van der Waals surface area contributed by atoms with E-state index >= 15 is 0 Å². The number of benzene rings is 1. The van der Waals surface area contributed by atoms with Crippen LogP contribution in [0.3, 0.4) is 0 Å². The van der Waals surface area contributed by atoms with E-state index in [0.29, 0.717) is 5.82 Å². The molecule has 0 fully saturated rings. The van der Waals surface area contributed by atoms with Gasteiger partial charge in [0.1, 0.15) is 11.6 Å². The molecular formula is C15H18FN3. The van der Waals surface area contributed by atoms with E-state index in [1.165, 1.54) is 12.1 Å². The zero-order valence-corrected chi connectivity index (χ0v) is 11.5. The smallest absolute Gasteiger partial charge is 0.162 e. The summed E-state index contributed by atoms with van der Waals surface area (Å²) in [6, 6.07) is 6.62. The van der Waals surface area contributed by atoms with Crippen LogP contribution in [0, 0.1) is 12.7 Å². The normalized spacial score (nSPS) is 10.5. The summed E-state index contributed by atoms with van der Waals surface area (Å²) >= 11 is 0. The Balaban J connectivity index is 2.54. The van der Waals surface area contributed by atoms with Crippen LogP contribution in [0.25, 0.3) is 11.4 Å². The van der Waals surface area contributed by atoms with Crippen molar-refractivity contribution in [3.63, 3.8) is 0 Å². The molecule has 0 spiro atoms. The fraction of sp³-hybridized carbons (Fsp3) is 0.333. The van der Waals surface area contributed by atoms with E-state index in [1.54, 1.807) is 6.07 Å². The van der Waals surface area contributed by atoms with Gasteiger partial charge in [0, 0.05) is 24.4 Å². The lowest BCUT2D eigenvalue weighted by Gasteiger charge is -2.09. The number of hydrogen-bond acceptors (Lipinski definition) is 3. The molecule has 0 bridgehead atoms. The van der Waals surface area contributed by atoms with Crippen molar-refractivity contribution < 1.29 is 4.39 Å². The van der Waals surface area contributed by atoms with Crippen LogP contribution in [-0.4, -0.2) is 17.0 Å². The summed E-state index contributed by atoms with van der Waals surface area (Å²) in [6.07, 6.45) is 1.90. The topological polar surface area (TPSA) is 37.8 Å². The van der Waals surface area contributed by atoms with Crippen LogP contribution < -0.4 is 5.32 Å². The fourth-order valence-electron chi connectivity index (χ4n) is 1.97. The number of rotatable bonds is 4. The van der Waals surface area contributed by atoms with E-state index in [4.69, 9.17) is 0 Å². The van der Waals surface area contributed by atoms with Crippen LogP contribution in [-0.2, 0) is 6.42 Å². The van der Waals surface area contributed by atoms with Crippen molar-refractivity contribution >= 4 is 5.82 Å². The monoisotopic (exact) mass is 259 g/mol. The maximum Gasteiger partial charge on any atom is 0.162 e. The number of hydrogen-bond donors (Lipinski definition) is 1. The van der Waals surface area contributed by atoms with Gasteiger partial charge in [-0.2, -0.15) is 0 Å². The van der Waals surface area contributed by atoms with Crippen LogP contribution in [0.4, 0.5) is 10.2 Å². The predicted molar refractivity (Wildman–Crippen MR) is 75.7 cm³/mol. The zero-order valence-electron chi connectivity index (χ0n) is 11.5. The lowest BCUT2D eigenvalue weighted by molar-refractivity contribution is 0.627. The van der Waals surface area contributed by atoms with Crippen molar-refractivity contribution in [2.75, 3.05) is 12.4 Å².